The van der Waals surface area contributed by atoms with Crippen LogP contribution >= 0.6 is 0 Å². The standard InChI is InChI=1S/C23H30N4O5/c1-15(2)32-22(28)25-13-16(3)27(23(29)30-4)20-6-5-17(11-21(20)25)18-12-24-26(14-18)19-7-9-31-10-8-19/h5-6,11-12,14-16,19H,7-10,13H2,1-4H3/t16-/m0/s1. The van der Waals surface area contributed by atoms with Crippen molar-refractivity contribution in [3.8, 4) is 11.1 Å². The zero-order valence-electron chi connectivity index (χ0n) is 19.0. The Morgan fingerprint density at radius 2 is 1.88 bits per heavy atom. The number of ether oxygens (including phenoxy) is 3. The third-order valence-corrected chi connectivity index (χ3v) is 5.84. The Balaban J connectivity index is 1.71. The van der Waals surface area contributed by atoms with Gasteiger partial charge < -0.3 is 14.2 Å². The van der Waals surface area contributed by atoms with E-state index >= 15 is 0 Å². The van der Waals surface area contributed by atoms with Gasteiger partial charge in [-0.1, -0.05) is 6.07 Å². The van der Waals surface area contributed by atoms with Crippen LogP contribution in [0, 0.1) is 0 Å². The van der Waals surface area contributed by atoms with E-state index in [1.54, 1.807) is 9.80 Å². The molecule has 0 radical (unpaired) electrons. The highest BCUT2D eigenvalue weighted by molar-refractivity contribution is 6.01. The van der Waals surface area contributed by atoms with E-state index in [0.29, 0.717) is 24.0 Å². The predicted molar refractivity (Wildman–Crippen MR) is 120 cm³/mol. The molecule has 1 saturated heterocycles. The summed E-state index contributed by atoms with van der Waals surface area (Å²) in [5.41, 5.74) is 3.07. The molecule has 0 N–H and O–H groups in total. The van der Waals surface area contributed by atoms with Gasteiger partial charge in [0.25, 0.3) is 0 Å². The Bertz CT molecular complexity index is 983. The van der Waals surface area contributed by atoms with Crippen molar-refractivity contribution in [1.29, 1.82) is 0 Å². The summed E-state index contributed by atoms with van der Waals surface area (Å²) in [5, 5.41) is 4.56. The molecule has 4 rings (SSSR count). The van der Waals surface area contributed by atoms with Crippen LogP contribution in [0.15, 0.2) is 30.6 Å². The molecule has 0 bridgehead atoms. The predicted octanol–water partition coefficient (Wildman–Crippen LogP) is 4.23. The molecule has 1 aromatic carbocycles. The normalized spacial score (nSPS) is 19.1. The second-order valence-corrected chi connectivity index (χ2v) is 8.49. The molecule has 9 heteroatoms. The fourth-order valence-electron chi connectivity index (χ4n) is 4.26. The lowest BCUT2D eigenvalue weighted by Crippen LogP contribution is -2.52. The van der Waals surface area contributed by atoms with E-state index in [4.69, 9.17) is 14.2 Å². The van der Waals surface area contributed by atoms with E-state index < -0.39 is 12.2 Å². The largest absolute Gasteiger partial charge is 0.452 e. The number of fused-ring (bicyclic) bond motifs is 1. The number of rotatable bonds is 3. The topological polar surface area (TPSA) is 86.1 Å². The van der Waals surface area contributed by atoms with Crippen LogP contribution in [0.3, 0.4) is 0 Å². The maximum absolute atomic E-state index is 12.9. The van der Waals surface area contributed by atoms with Crippen LogP contribution < -0.4 is 9.80 Å². The summed E-state index contributed by atoms with van der Waals surface area (Å²) in [7, 11) is 1.35. The van der Waals surface area contributed by atoms with Gasteiger partial charge in [0.05, 0.1) is 49.4 Å². The lowest BCUT2D eigenvalue weighted by atomic mass is 10.0. The van der Waals surface area contributed by atoms with Crippen LogP contribution in [0.5, 0.6) is 0 Å². The van der Waals surface area contributed by atoms with E-state index in [9.17, 15) is 9.59 Å². The average Bonchev–Trinajstić information content (AvgIpc) is 3.28. The zero-order valence-corrected chi connectivity index (χ0v) is 19.0. The first kappa shape index (κ1) is 22.1. The van der Waals surface area contributed by atoms with Crippen molar-refractivity contribution >= 4 is 23.6 Å². The van der Waals surface area contributed by atoms with Crippen molar-refractivity contribution in [2.45, 2.75) is 51.8 Å². The van der Waals surface area contributed by atoms with Crippen LogP contribution in [0.25, 0.3) is 11.1 Å². The lowest BCUT2D eigenvalue weighted by Gasteiger charge is -2.40. The quantitative estimate of drug-likeness (QED) is 0.707. The molecular formula is C23H30N4O5. The molecule has 2 aliphatic rings. The fraction of sp³-hybridized carbons (Fsp3) is 0.522. The summed E-state index contributed by atoms with van der Waals surface area (Å²) in [6, 6.07) is 5.74. The van der Waals surface area contributed by atoms with Gasteiger partial charge in [-0.3, -0.25) is 14.5 Å². The minimum atomic E-state index is -0.462. The maximum Gasteiger partial charge on any atom is 0.414 e. The van der Waals surface area contributed by atoms with Crippen molar-refractivity contribution in [1.82, 2.24) is 9.78 Å². The smallest absolute Gasteiger partial charge is 0.414 e. The molecule has 1 fully saturated rings. The van der Waals surface area contributed by atoms with Gasteiger partial charge in [0, 0.05) is 25.0 Å². The Hall–Kier alpha value is -3.07. The average molecular weight is 443 g/mol. The Labute approximate surface area is 187 Å². The number of aromatic nitrogens is 2. The van der Waals surface area contributed by atoms with E-state index in [1.807, 2.05) is 56.0 Å². The summed E-state index contributed by atoms with van der Waals surface area (Å²) < 4.78 is 17.9. The molecule has 0 saturated carbocycles. The molecule has 1 aromatic heterocycles. The molecule has 1 atom stereocenters. The molecular weight excluding hydrogens is 412 g/mol. The number of hydrogen-bond acceptors (Lipinski definition) is 6. The highest BCUT2D eigenvalue weighted by atomic mass is 16.6. The van der Waals surface area contributed by atoms with Gasteiger partial charge >= 0.3 is 12.2 Å². The third-order valence-electron chi connectivity index (χ3n) is 5.84. The van der Waals surface area contributed by atoms with Crippen molar-refractivity contribution < 1.29 is 23.8 Å². The SMILES string of the molecule is COC(=O)N1c2ccc(-c3cnn(C4CCOCC4)c3)cc2N(C(=O)OC(C)C)C[C@@H]1C. The fourth-order valence-corrected chi connectivity index (χ4v) is 4.26. The van der Waals surface area contributed by atoms with Gasteiger partial charge in [-0.25, -0.2) is 9.59 Å². The number of anilines is 2. The molecule has 2 aromatic rings. The van der Waals surface area contributed by atoms with Crippen molar-refractivity contribution in [2.24, 2.45) is 0 Å². The van der Waals surface area contributed by atoms with Crippen LogP contribution in [0.2, 0.25) is 0 Å². The van der Waals surface area contributed by atoms with Gasteiger partial charge in [-0.15, -0.1) is 0 Å². The van der Waals surface area contributed by atoms with Gasteiger partial charge in [0.2, 0.25) is 0 Å². The number of amides is 2. The second-order valence-electron chi connectivity index (χ2n) is 8.49. The van der Waals surface area contributed by atoms with Gasteiger partial charge in [-0.2, -0.15) is 5.10 Å². The minimum absolute atomic E-state index is 0.249. The van der Waals surface area contributed by atoms with Crippen LogP contribution in [0.4, 0.5) is 21.0 Å². The summed E-state index contributed by atoms with van der Waals surface area (Å²) in [6.45, 7) is 7.29. The zero-order chi connectivity index (χ0) is 22.8. The minimum Gasteiger partial charge on any atom is -0.452 e. The van der Waals surface area contributed by atoms with Crippen molar-refractivity contribution in [2.75, 3.05) is 36.7 Å². The van der Waals surface area contributed by atoms with E-state index in [0.717, 1.165) is 37.2 Å². The van der Waals surface area contributed by atoms with Gasteiger partial charge in [-0.05, 0) is 51.3 Å². The highest BCUT2D eigenvalue weighted by Crippen LogP contribution is 2.39. The molecule has 0 spiro atoms. The van der Waals surface area contributed by atoms with Crippen LogP contribution in [-0.4, -0.2) is 61.0 Å². The second kappa shape index (κ2) is 9.20. The Morgan fingerprint density at radius 3 is 2.56 bits per heavy atom. The van der Waals surface area contributed by atoms with Gasteiger partial charge in [0.1, 0.15) is 0 Å². The van der Waals surface area contributed by atoms with Crippen LogP contribution in [0.1, 0.15) is 39.7 Å². The Kier molecular flexibility index (Phi) is 6.36. The molecule has 172 valence electrons. The molecule has 2 amide bonds. The molecule has 2 aliphatic heterocycles. The monoisotopic (exact) mass is 442 g/mol. The number of carbonyl (C=O) groups is 2. The van der Waals surface area contributed by atoms with Crippen molar-refractivity contribution in [3.63, 3.8) is 0 Å². The Morgan fingerprint density at radius 1 is 1.12 bits per heavy atom. The summed E-state index contributed by atoms with van der Waals surface area (Å²) in [6.07, 6.45) is 4.58. The molecule has 9 nitrogen and oxygen atoms in total. The highest BCUT2D eigenvalue weighted by Gasteiger charge is 2.36. The first-order valence-corrected chi connectivity index (χ1v) is 11.0. The van der Waals surface area contributed by atoms with Crippen LogP contribution in [-0.2, 0) is 14.2 Å². The first-order chi connectivity index (χ1) is 15.4. The number of carbonyl (C=O) groups excluding carboxylic acids is 2. The van der Waals surface area contributed by atoms with Gasteiger partial charge in [0.15, 0.2) is 0 Å². The van der Waals surface area contributed by atoms with E-state index in [1.165, 1.54) is 7.11 Å². The first-order valence-electron chi connectivity index (χ1n) is 11.0. The maximum atomic E-state index is 12.9. The summed E-state index contributed by atoms with van der Waals surface area (Å²) in [5.74, 6) is 0. The third kappa shape index (κ3) is 4.29. The number of hydrogen-bond donors (Lipinski definition) is 0. The van der Waals surface area contributed by atoms with E-state index in [2.05, 4.69) is 5.10 Å². The van der Waals surface area contributed by atoms with Crippen molar-refractivity contribution in [3.05, 3.63) is 30.6 Å². The molecule has 0 aliphatic carbocycles. The summed E-state index contributed by atoms with van der Waals surface area (Å²) >= 11 is 0. The van der Waals surface area contributed by atoms with E-state index in [-0.39, 0.29) is 12.1 Å². The molecule has 0 unspecified atom stereocenters. The number of benzene rings is 1. The number of nitrogens with zero attached hydrogens (tertiary/aromatic N) is 4. The molecule has 32 heavy (non-hydrogen) atoms. The summed E-state index contributed by atoms with van der Waals surface area (Å²) in [4.78, 5) is 28.5. The molecule has 3 heterocycles. The lowest BCUT2D eigenvalue weighted by molar-refractivity contribution is 0.0662. The number of methoxy groups -OCH3 is 1.